The molecular formula is C12H17N5O2. The van der Waals surface area contributed by atoms with E-state index in [1.807, 2.05) is 20.2 Å². The van der Waals surface area contributed by atoms with Crippen LogP contribution in [0.3, 0.4) is 0 Å². The molecule has 2 aromatic rings. The minimum Gasteiger partial charge on any atom is -0.464 e. The summed E-state index contributed by atoms with van der Waals surface area (Å²) in [6, 6.07) is 0. The predicted molar refractivity (Wildman–Crippen MR) is 67.7 cm³/mol. The van der Waals surface area contributed by atoms with E-state index in [1.165, 1.54) is 7.11 Å². The van der Waals surface area contributed by atoms with Crippen molar-refractivity contribution in [3.05, 3.63) is 29.3 Å². The molecule has 2 aromatic heterocycles. The number of methoxy groups -OCH3 is 1. The number of hydrogen-bond donors (Lipinski definition) is 0. The molecule has 0 unspecified atom stereocenters. The van der Waals surface area contributed by atoms with Gasteiger partial charge in [-0.2, -0.15) is 5.10 Å². The van der Waals surface area contributed by atoms with Gasteiger partial charge in [0.05, 0.1) is 25.5 Å². The molecule has 0 atom stereocenters. The molecule has 0 amide bonds. The smallest absolute Gasteiger partial charge is 0.360 e. The first kappa shape index (κ1) is 13.3. The quantitative estimate of drug-likeness (QED) is 0.746. The second kappa shape index (κ2) is 5.64. The second-order valence-corrected chi connectivity index (χ2v) is 4.31. The second-order valence-electron chi connectivity index (χ2n) is 4.31. The Morgan fingerprint density at radius 3 is 2.84 bits per heavy atom. The van der Waals surface area contributed by atoms with E-state index in [9.17, 15) is 4.79 Å². The summed E-state index contributed by atoms with van der Waals surface area (Å²) in [5, 5.41) is 12.1. The molecule has 0 aromatic carbocycles. The summed E-state index contributed by atoms with van der Waals surface area (Å²) >= 11 is 0. The molecule has 0 aliphatic carbocycles. The van der Waals surface area contributed by atoms with Crippen LogP contribution in [0.1, 0.15) is 35.1 Å². The van der Waals surface area contributed by atoms with Crippen LogP contribution in [0.15, 0.2) is 12.4 Å². The maximum atomic E-state index is 11.6. The van der Waals surface area contributed by atoms with Crippen molar-refractivity contribution in [2.24, 2.45) is 7.05 Å². The highest BCUT2D eigenvalue weighted by molar-refractivity contribution is 5.88. The van der Waals surface area contributed by atoms with Crippen molar-refractivity contribution < 1.29 is 9.53 Å². The maximum Gasteiger partial charge on any atom is 0.360 e. The summed E-state index contributed by atoms with van der Waals surface area (Å²) in [4.78, 5) is 11.6. The molecular weight excluding hydrogens is 246 g/mol. The lowest BCUT2D eigenvalue weighted by Gasteiger charge is -2.05. The highest BCUT2D eigenvalue weighted by Crippen LogP contribution is 2.12. The Kier molecular flexibility index (Phi) is 3.94. The average Bonchev–Trinajstić information content (AvgIpc) is 2.97. The first-order valence-corrected chi connectivity index (χ1v) is 6.14. The van der Waals surface area contributed by atoms with Gasteiger partial charge in [0.15, 0.2) is 5.69 Å². The molecule has 2 rings (SSSR count). The van der Waals surface area contributed by atoms with E-state index in [2.05, 4.69) is 15.4 Å². The summed E-state index contributed by atoms with van der Waals surface area (Å²) in [7, 11) is 3.20. The Labute approximate surface area is 111 Å². The minimum absolute atomic E-state index is 0.299. The van der Waals surface area contributed by atoms with Gasteiger partial charge in [0.2, 0.25) is 0 Å². The van der Waals surface area contributed by atoms with E-state index in [0.717, 1.165) is 24.1 Å². The SMILES string of the molecule is CCCc1c(C(=O)OC)nnn1Cc1cnn(C)c1. The van der Waals surface area contributed by atoms with Crippen molar-refractivity contribution in [3.8, 4) is 0 Å². The number of esters is 1. The normalized spacial score (nSPS) is 10.7. The molecule has 0 N–H and O–H groups in total. The Bertz CT molecular complexity index is 572. The lowest BCUT2D eigenvalue weighted by Crippen LogP contribution is -2.10. The van der Waals surface area contributed by atoms with Gasteiger partial charge in [-0.05, 0) is 6.42 Å². The fraction of sp³-hybridized carbons (Fsp3) is 0.500. The zero-order valence-corrected chi connectivity index (χ0v) is 11.3. The molecule has 2 heterocycles. The number of aryl methyl sites for hydroxylation is 1. The van der Waals surface area contributed by atoms with Gasteiger partial charge in [0, 0.05) is 18.8 Å². The van der Waals surface area contributed by atoms with E-state index >= 15 is 0 Å². The molecule has 0 fully saturated rings. The third kappa shape index (κ3) is 2.81. The van der Waals surface area contributed by atoms with Crippen molar-refractivity contribution in [1.82, 2.24) is 24.8 Å². The largest absolute Gasteiger partial charge is 0.464 e. The number of hydrogen-bond acceptors (Lipinski definition) is 5. The lowest BCUT2D eigenvalue weighted by atomic mass is 10.2. The summed E-state index contributed by atoms with van der Waals surface area (Å²) in [6.07, 6.45) is 5.33. The van der Waals surface area contributed by atoms with E-state index in [1.54, 1.807) is 15.6 Å². The van der Waals surface area contributed by atoms with Crippen LogP contribution in [-0.4, -0.2) is 37.9 Å². The maximum absolute atomic E-state index is 11.6. The predicted octanol–water partition coefficient (Wildman–Crippen LogP) is 0.799. The van der Waals surface area contributed by atoms with E-state index < -0.39 is 5.97 Å². The molecule has 0 bridgehead atoms. The lowest BCUT2D eigenvalue weighted by molar-refractivity contribution is 0.0592. The number of carbonyl (C=O) groups excluding carboxylic acids is 1. The van der Waals surface area contributed by atoms with Gasteiger partial charge in [-0.25, -0.2) is 9.48 Å². The molecule has 0 aliphatic rings. The van der Waals surface area contributed by atoms with Crippen LogP contribution in [0.25, 0.3) is 0 Å². The molecule has 0 spiro atoms. The van der Waals surface area contributed by atoms with E-state index in [4.69, 9.17) is 4.74 Å². The fourth-order valence-corrected chi connectivity index (χ4v) is 1.93. The van der Waals surface area contributed by atoms with Crippen LogP contribution in [0.2, 0.25) is 0 Å². The Morgan fingerprint density at radius 1 is 1.47 bits per heavy atom. The Hall–Kier alpha value is -2.18. The number of aromatic nitrogens is 5. The van der Waals surface area contributed by atoms with Crippen molar-refractivity contribution in [2.45, 2.75) is 26.3 Å². The number of ether oxygens (including phenoxy) is 1. The minimum atomic E-state index is -0.444. The highest BCUT2D eigenvalue weighted by atomic mass is 16.5. The molecule has 7 heteroatoms. The highest BCUT2D eigenvalue weighted by Gasteiger charge is 2.19. The van der Waals surface area contributed by atoms with Crippen LogP contribution in [0.5, 0.6) is 0 Å². The molecule has 7 nitrogen and oxygen atoms in total. The first-order valence-electron chi connectivity index (χ1n) is 6.14. The fourth-order valence-electron chi connectivity index (χ4n) is 1.93. The van der Waals surface area contributed by atoms with Crippen molar-refractivity contribution in [3.63, 3.8) is 0 Å². The van der Waals surface area contributed by atoms with E-state index in [0.29, 0.717) is 12.2 Å². The van der Waals surface area contributed by atoms with Crippen LogP contribution < -0.4 is 0 Å². The number of rotatable bonds is 5. The first-order chi connectivity index (χ1) is 9.15. The van der Waals surface area contributed by atoms with Crippen molar-refractivity contribution >= 4 is 5.97 Å². The summed E-state index contributed by atoms with van der Waals surface area (Å²) in [5.41, 5.74) is 2.12. The van der Waals surface area contributed by atoms with Gasteiger partial charge in [-0.3, -0.25) is 4.68 Å². The molecule has 0 aliphatic heterocycles. The van der Waals surface area contributed by atoms with Crippen molar-refractivity contribution in [2.75, 3.05) is 7.11 Å². The van der Waals surface area contributed by atoms with E-state index in [-0.39, 0.29) is 0 Å². The molecule has 102 valence electrons. The topological polar surface area (TPSA) is 74.8 Å². The van der Waals surface area contributed by atoms with Gasteiger partial charge < -0.3 is 4.74 Å². The zero-order chi connectivity index (χ0) is 13.8. The van der Waals surface area contributed by atoms with Gasteiger partial charge in [0.25, 0.3) is 0 Å². The average molecular weight is 263 g/mol. The van der Waals surface area contributed by atoms with Gasteiger partial charge >= 0.3 is 5.97 Å². The summed E-state index contributed by atoms with van der Waals surface area (Å²) in [5.74, 6) is -0.444. The third-order valence-corrected chi connectivity index (χ3v) is 2.79. The molecule has 0 radical (unpaired) electrons. The monoisotopic (exact) mass is 263 g/mol. The number of nitrogens with zero attached hydrogens (tertiary/aromatic N) is 5. The molecule has 0 saturated carbocycles. The Balaban J connectivity index is 2.29. The molecule has 19 heavy (non-hydrogen) atoms. The van der Waals surface area contributed by atoms with Crippen LogP contribution >= 0.6 is 0 Å². The third-order valence-electron chi connectivity index (χ3n) is 2.79. The van der Waals surface area contributed by atoms with Crippen molar-refractivity contribution in [1.29, 1.82) is 0 Å². The Morgan fingerprint density at radius 2 is 2.26 bits per heavy atom. The zero-order valence-electron chi connectivity index (χ0n) is 11.3. The van der Waals surface area contributed by atoms with Gasteiger partial charge in [-0.1, -0.05) is 18.6 Å². The van der Waals surface area contributed by atoms with Crippen LogP contribution in [0.4, 0.5) is 0 Å². The van der Waals surface area contributed by atoms with Crippen LogP contribution in [-0.2, 0) is 24.8 Å². The number of carbonyl (C=O) groups is 1. The summed E-state index contributed by atoms with van der Waals surface area (Å²) in [6.45, 7) is 2.59. The van der Waals surface area contributed by atoms with Gasteiger partial charge in [0.1, 0.15) is 0 Å². The molecule has 0 saturated heterocycles. The summed E-state index contributed by atoms with van der Waals surface area (Å²) < 4.78 is 8.18. The van der Waals surface area contributed by atoms with Gasteiger partial charge in [-0.15, -0.1) is 5.10 Å². The standard InChI is InChI=1S/C12H17N5O2/c1-4-5-10-11(12(18)19-3)14-15-17(10)8-9-6-13-16(2)7-9/h6-7H,4-5,8H2,1-3H3. The van der Waals surface area contributed by atoms with Crippen LogP contribution in [0, 0.1) is 0 Å².